The van der Waals surface area contributed by atoms with E-state index in [0.717, 1.165) is 34.3 Å². The van der Waals surface area contributed by atoms with Gasteiger partial charge in [0.15, 0.2) is 0 Å². The Morgan fingerprint density at radius 1 is 1.10 bits per heavy atom. The SMILES string of the molecule is C=S(=O)(NC(C)(C)C)c1ccc(-c2cc(C(=O)NCC3(O)CCOCC3)c(C)n2CC2CCCCC2)c2ccccc12. The molecule has 1 aliphatic carbocycles. The van der Waals surface area contributed by atoms with Crippen molar-refractivity contribution in [2.24, 2.45) is 5.92 Å². The predicted octanol–water partition coefficient (Wildman–Crippen LogP) is 5.85. The molecule has 1 amide bonds. The Morgan fingerprint density at radius 2 is 1.76 bits per heavy atom. The number of hydrogen-bond acceptors (Lipinski definition) is 4. The van der Waals surface area contributed by atoms with Crippen molar-refractivity contribution in [1.82, 2.24) is 14.6 Å². The number of carbonyl (C=O) groups is 1. The van der Waals surface area contributed by atoms with Crippen LogP contribution in [0.4, 0.5) is 0 Å². The Balaban J connectivity index is 1.57. The molecule has 3 aromatic rings. The molecule has 1 aromatic heterocycles. The lowest BCUT2D eigenvalue weighted by Crippen LogP contribution is -2.46. The van der Waals surface area contributed by atoms with Crippen molar-refractivity contribution in [2.75, 3.05) is 19.8 Å². The Kier molecular flexibility index (Phi) is 8.91. The maximum Gasteiger partial charge on any atom is 0.253 e. The van der Waals surface area contributed by atoms with Gasteiger partial charge in [-0.3, -0.25) is 4.79 Å². The third-order valence-corrected chi connectivity index (χ3v) is 10.8. The van der Waals surface area contributed by atoms with E-state index in [2.05, 4.69) is 26.5 Å². The highest BCUT2D eigenvalue weighted by molar-refractivity contribution is 7.98. The number of hydrogen-bond donors (Lipinski definition) is 3. The zero-order valence-corrected chi connectivity index (χ0v) is 26.4. The first-order valence-electron chi connectivity index (χ1n) is 15.3. The summed E-state index contributed by atoms with van der Waals surface area (Å²) in [4.78, 5) is 14.3. The third-order valence-electron chi connectivity index (χ3n) is 8.76. The molecule has 1 saturated heterocycles. The normalized spacial score (nSPS) is 19.5. The third kappa shape index (κ3) is 6.77. The average molecular weight is 594 g/mol. The molecule has 0 bridgehead atoms. The van der Waals surface area contributed by atoms with Gasteiger partial charge in [-0.15, -0.1) is 0 Å². The summed E-state index contributed by atoms with van der Waals surface area (Å²) in [7, 11) is -2.77. The van der Waals surface area contributed by atoms with Crippen LogP contribution in [0, 0.1) is 12.8 Å². The Hall–Kier alpha value is -2.65. The van der Waals surface area contributed by atoms with Crippen LogP contribution in [0.25, 0.3) is 22.0 Å². The molecule has 1 saturated carbocycles. The molecule has 228 valence electrons. The number of ether oxygens (including phenoxy) is 1. The molecule has 2 aliphatic rings. The lowest BCUT2D eigenvalue weighted by Gasteiger charge is -2.32. The molecule has 2 fully saturated rings. The minimum Gasteiger partial charge on any atom is -0.388 e. The highest BCUT2D eigenvalue weighted by atomic mass is 32.2. The van der Waals surface area contributed by atoms with Crippen molar-refractivity contribution in [3.8, 4) is 11.3 Å². The number of carbonyl (C=O) groups excluding carboxylic acids is 1. The summed E-state index contributed by atoms with van der Waals surface area (Å²) in [6.07, 6.45) is 7.17. The molecular weight excluding hydrogens is 546 g/mol. The first kappa shape index (κ1) is 30.8. The zero-order chi connectivity index (χ0) is 30.1. The van der Waals surface area contributed by atoms with Gasteiger partial charge in [0.25, 0.3) is 5.91 Å². The fraction of sp³-hybridized carbons (Fsp3) is 0.529. The smallest absolute Gasteiger partial charge is 0.253 e. The first-order valence-corrected chi connectivity index (χ1v) is 17.1. The summed E-state index contributed by atoms with van der Waals surface area (Å²) in [5, 5.41) is 15.8. The minimum atomic E-state index is -2.77. The van der Waals surface area contributed by atoms with Gasteiger partial charge in [0.2, 0.25) is 0 Å². The molecule has 2 heterocycles. The predicted molar refractivity (Wildman–Crippen MR) is 172 cm³/mol. The van der Waals surface area contributed by atoms with Crippen molar-refractivity contribution in [1.29, 1.82) is 0 Å². The highest BCUT2D eigenvalue weighted by Gasteiger charge is 2.31. The van der Waals surface area contributed by atoms with Crippen LogP contribution >= 0.6 is 0 Å². The fourth-order valence-electron chi connectivity index (χ4n) is 6.56. The number of benzene rings is 2. The second-order valence-corrected chi connectivity index (χ2v) is 15.3. The monoisotopic (exact) mass is 593 g/mol. The maximum absolute atomic E-state index is 13.9. The van der Waals surface area contributed by atoms with E-state index in [9.17, 15) is 14.1 Å². The highest BCUT2D eigenvalue weighted by Crippen LogP contribution is 2.37. The molecule has 3 N–H and O–H groups in total. The standard InChI is InChI=1S/C34H47N3O4S/c1-24-29(32(38)35-23-34(39)17-19-41-20-18-34)21-30(37(24)22-25-11-7-6-8-12-25)27-15-16-31(28-14-10-9-13-26(27)28)42(5,40)36-33(2,3)4/h9-10,13-16,21,25,39H,5-8,11-12,17-20,22-23H2,1-4H3,(H,35,38)(H,36,40). The number of nitrogens with one attached hydrogen (secondary N) is 2. The van der Waals surface area contributed by atoms with E-state index >= 15 is 0 Å². The average Bonchev–Trinajstić information content (AvgIpc) is 3.26. The van der Waals surface area contributed by atoms with E-state index in [1.54, 1.807) is 0 Å². The van der Waals surface area contributed by atoms with Crippen LogP contribution in [0.3, 0.4) is 0 Å². The van der Waals surface area contributed by atoms with Crippen molar-refractivity contribution in [3.05, 3.63) is 53.7 Å². The zero-order valence-electron chi connectivity index (χ0n) is 25.6. The number of rotatable bonds is 8. The lowest BCUT2D eigenvalue weighted by atomic mass is 9.89. The van der Waals surface area contributed by atoms with Crippen molar-refractivity contribution >= 4 is 32.3 Å². The van der Waals surface area contributed by atoms with Gasteiger partial charge in [0, 0.05) is 61.6 Å². The van der Waals surface area contributed by atoms with Crippen LogP contribution in [0.2, 0.25) is 0 Å². The van der Waals surface area contributed by atoms with E-state index in [0.29, 0.717) is 42.4 Å². The summed E-state index contributed by atoms with van der Waals surface area (Å²) in [6.45, 7) is 10.0. The summed E-state index contributed by atoms with van der Waals surface area (Å²) < 4.78 is 24.8. The first-order chi connectivity index (χ1) is 19.9. The molecule has 1 unspecified atom stereocenters. The molecule has 8 heteroatoms. The van der Waals surface area contributed by atoms with Gasteiger partial charge in [-0.2, -0.15) is 0 Å². The van der Waals surface area contributed by atoms with Crippen LogP contribution in [0.1, 0.15) is 81.8 Å². The molecule has 1 aliphatic heterocycles. The summed E-state index contributed by atoms with van der Waals surface area (Å²) in [6, 6.07) is 14.0. The van der Waals surface area contributed by atoms with Crippen LogP contribution in [-0.4, -0.2) is 56.6 Å². The van der Waals surface area contributed by atoms with Crippen molar-refractivity contribution < 1.29 is 18.8 Å². The Morgan fingerprint density at radius 3 is 2.43 bits per heavy atom. The Bertz CT molecular complexity index is 1540. The minimum absolute atomic E-state index is 0.174. The summed E-state index contributed by atoms with van der Waals surface area (Å²) in [5.74, 6) is 4.49. The van der Waals surface area contributed by atoms with E-state index in [-0.39, 0.29) is 18.0 Å². The van der Waals surface area contributed by atoms with Crippen LogP contribution in [0.15, 0.2) is 47.4 Å². The molecular formula is C34H47N3O4S. The topological polar surface area (TPSA) is 92.6 Å². The second-order valence-electron chi connectivity index (χ2n) is 13.3. The number of fused-ring (bicyclic) bond motifs is 1. The van der Waals surface area contributed by atoms with Crippen molar-refractivity contribution in [2.45, 2.75) is 95.2 Å². The quantitative estimate of drug-likeness (QED) is 0.286. The van der Waals surface area contributed by atoms with Gasteiger partial charge in [0.1, 0.15) is 0 Å². The molecule has 0 spiro atoms. The van der Waals surface area contributed by atoms with Gasteiger partial charge in [0.05, 0.1) is 25.8 Å². The van der Waals surface area contributed by atoms with Gasteiger partial charge < -0.3 is 19.7 Å². The molecule has 0 radical (unpaired) electrons. The van der Waals surface area contributed by atoms with E-state index in [1.165, 1.54) is 32.1 Å². The van der Waals surface area contributed by atoms with Gasteiger partial charge >= 0.3 is 0 Å². The summed E-state index contributed by atoms with van der Waals surface area (Å²) >= 11 is 0. The maximum atomic E-state index is 13.9. The fourth-order valence-corrected chi connectivity index (χ4v) is 8.48. The molecule has 42 heavy (non-hydrogen) atoms. The summed E-state index contributed by atoms with van der Waals surface area (Å²) in [5.41, 5.74) is 2.22. The van der Waals surface area contributed by atoms with Gasteiger partial charge in [-0.25, -0.2) is 8.93 Å². The van der Waals surface area contributed by atoms with E-state index in [4.69, 9.17) is 4.74 Å². The van der Waals surface area contributed by atoms with Gasteiger partial charge in [-0.1, -0.05) is 49.6 Å². The van der Waals surface area contributed by atoms with Crippen LogP contribution in [-0.2, 0) is 21.0 Å². The number of amides is 1. The number of nitrogens with zero attached hydrogens (tertiary/aromatic N) is 1. The number of aromatic nitrogens is 1. The second kappa shape index (κ2) is 12.2. The van der Waals surface area contributed by atoms with Crippen LogP contribution < -0.4 is 10.0 Å². The molecule has 1 atom stereocenters. The molecule has 5 rings (SSSR count). The van der Waals surface area contributed by atoms with Crippen molar-refractivity contribution in [3.63, 3.8) is 0 Å². The van der Waals surface area contributed by atoms with Crippen LogP contribution in [0.5, 0.6) is 0 Å². The molecule has 7 nitrogen and oxygen atoms in total. The lowest BCUT2D eigenvalue weighted by molar-refractivity contribution is -0.0605. The Labute approximate surface area is 251 Å². The van der Waals surface area contributed by atoms with Gasteiger partial charge in [-0.05, 0) is 75.2 Å². The van der Waals surface area contributed by atoms with E-state index in [1.807, 2.05) is 64.1 Å². The molecule has 2 aromatic carbocycles. The van der Waals surface area contributed by atoms with E-state index < -0.39 is 15.3 Å². The number of aliphatic hydroxyl groups is 1. The largest absolute Gasteiger partial charge is 0.388 e.